The van der Waals surface area contributed by atoms with Gasteiger partial charge in [0.05, 0.1) is 6.54 Å². The fourth-order valence-electron chi connectivity index (χ4n) is 4.13. The van der Waals surface area contributed by atoms with E-state index in [1.165, 1.54) is 19.3 Å². The summed E-state index contributed by atoms with van der Waals surface area (Å²) >= 11 is 0. The molecule has 0 aromatic heterocycles. The highest BCUT2D eigenvalue weighted by Crippen LogP contribution is 2.27. The first kappa shape index (κ1) is 20.8. The quantitative estimate of drug-likeness (QED) is 0.716. The van der Waals surface area contributed by atoms with Crippen molar-refractivity contribution < 1.29 is 9.59 Å². The van der Waals surface area contributed by atoms with E-state index in [9.17, 15) is 9.59 Å². The maximum atomic E-state index is 12.6. The van der Waals surface area contributed by atoms with Crippen LogP contribution in [0.5, 0.6) is 0 Å². The summed E-state index contributed by atoms with van der Waals surface area (Å²) in [5.41, 5.74) is 3.08. The van der Waals surface area contributed by atoms with Crippen LogP contribution in [-0.4, -0.2) is 41.9 Å². The average molecular weight is 386 g/mol. The van der Waals surface area contributed by atoms with Crippen molar-refractivity contribution in [1.29, 1.82) is 0 Å². The number of nitrogens with zero attached hydrogens (tertiary/aromatic N) is 1. The highest BCUT2D eigenvalue weighted by Gasteiger charge is 2.31. The molecular formula is C23H35N3O2. The van der Waals surface area contributed by atoms with Gasteiger partial charge in [-0.3, -0.25) is 14.5 Å². The molecule has 2 N–H and O–H groups in total. The van der Waals surface area contributed by atoms with Crippen LogP contribution in [-0.2, 0) is 9.59 Å². The van der Waals surface area contributed by atoms with Gasteiger partial charge >= 0.3 is 0 Å². The minimum Gasteiger partial charge on any atom is -0.353 e. The second kappa shape index (κ2) is 9.55. The molecule has 0 spiro atoms. The molecule has 0 heterocycles. The molecule has 0 bridgehead atoms. The van der Waals surface area contributed by atoms with E-state index >= 15 is 0 Å². The lowest BCUT2D eigenvalue weighted by Crippen LogP contribution is -2.43. The zero-order chi connectivity index (χ0) is 20.1. The van der Waals surface area contributed by atoms with Gasteiger partial charge in [0.1, 0.15) is 0 Å². The van der Waals surface area contributed by atoms with Gasteiger partial charge in [-0.25, -0.2) is 0 Å². The van der Waals surface area contributed by atoms with Crippen molar-refractivity contribution in [2.45, 2.75) is 77.8 Å². The first-order chi connectivity index (χ1) is 13.4. The van der Waals surface area contributed by atoms with Crippen LogP contribution >= 0.6 is 0 Å². The molecule has 2 saturated carbocycles. The minimum absolute atomic E-state index is 0.00177. The molecule has 0 aliphatic heterocycles. The molecule has 2 atom stereocenters. The Hall–Kier alpha value is -1.88. The van der Waals surface area contributed by atoms with Crippen LogP contribution in [0.15, 0.2) is 18.2 Å². The van der Waals surface area contributed by atoms with E-state index in [1.807, 2.05) is 32.0 Å². The highest BCUT2D eigenvalue weighted by atomic mass is 16.2. The summed E-state index contributed by atoms with van der Waals surface area (Å²) < 4.78 is 0. The summed E-state index contributed by atoms with van der Waals surface area (Å²) in [6.45, 7) is 7.27. The molecule has 1 aromatic rings. The molecule has 2 aliphatic carbocycles. The average Bonchev–Trinajstić information content (AvgIpc) is 3.49. The zero-order valence-electron chi connectivity index (χ0n) is 17.6. The van der Waals surface area contributed by atoms with Gasteiger partial charge in [-0.15, -0.1) is 0 Å². The third kappa shape index (κ3) is 6.06. The molecular weight excluding hydrogens is 350 g/mol. The molecule has 2 aliphatic rings. The van der Waals surface area contributed by atoms with Crippen LogP contribution in [0.2, 0.25) is 0 Å². The predicted molar refractivity (Wildman–Crippen MR) is 113 cm³/mol. The number of carbonyl (C=O) groups is 2. The fourth-order valence-corrected chi connectivity index (χ4v) is 4.13. The Morgan fingerprint density at radius 3 is 2.54 bits per heavy atom. The van der Waals surface area contributed by atoms with Crippen molar-refractivity contribution >= 4 is 17.5 Å². The van der Waals surface area contributed by atoms with Crippen LogP contribution in [0.4, 0.5) is 5.69 Å². The molecule has 0 radical (unpaired) electrons. The number of rotatable bonds is 8. The Morgan fingerprint density at radius 2 is 1.82 bits per heavy atom. The van der Waals surface area contributed by atoms with Crippen molar-refractivity contribution in [3.8, 4) is 0 Å². The summed E-state index contributed by atoms with van der Waals surface area (Å²) in [5, 5.41) is 6.27. The monoisotopic (exact) mass is 385 g/mol. The van der Waals surface area contributed by atoms with Crippen molar-refractivity contribution in [3.63, 3.8) is 0 Å². The van der Waals surface area contributed by atoms with Crippen molar-refractivity contribution in [2.24, 2.45) is 5.92 Å². The molecule has 2 unspecified atom stereocenters. The van der Waals surface area contributed by atoms with Gasteiger partial charge in [0.15, 0.2) is 0 Å². The van der Waals surface area contributed by atoms with E-state index in [1.54, 1.807) is 0 Å². The van der Waals surface area contributed by atoms with Crippen molar-refractivity contribution in [3.05, 3.63) is 29.3 Å². The molecule has 2 fully saturated rings. The van der Waals surface area contributed by atoms with E-state index in [2.05, 4.69) is 22.5 Å². The van der Waals surface area contributed by atoms with E-state index in [4.69, 9.17) is 0 Å². The van der Waals surface area contributed by atoms with Crippen LogP contribution in [0.25, 0.3) is 0 Å². The maximum Gasteiger partial charge on any atom is 0.238 e. The number of benzene rings is 1. The van der Waals surface area contributed by atoms with Gasteiger partial charge in [-0.05, 0) is 62.6 Å². The second-order valence-electron chi connectivity index (χ2n) is 8.75. The van der Waals surface area contributed by atoms with E-state index < -0.39 is 0 Å². The van der Waals surface area contributed by atoms with Gasteiger partial charge in [0.25, 0.3) is 0 Å². The van der Waals surface area contributed by atoms with Crippen LogP contribution in [0.1, 0.15) is 63.0 Å². The molecule has 5 heteroatoms. The van der Waals surface area contributed by atoms with Crippen LogP contribution < -0.4 is 10.6 Å². The predicted octanol–water partition coefficient (Wildman–Crippen LogP) is 3.79. The Morgan fingerprint density at radius 1 is 1.07 bits per heavy atom. The number of amides is 2. The number of nitrogens with one attached hydrogen (secondary N) is 2. The third-order valence-corrected chi connectivity index (χ3v) is 6.16. The normalized spacial score (nSPS) is 22.1. The number of anilines is 1. The Bertz CT molecular complexity index is 699. The topological polar surface area (TPSA) is 61.4 Å². The van der Waals surface area contributed by atoms with Gasteiger partial charge < -0.3 is 10.6 Å². The maximum absolute atomic E-state index is 12.6. The van der Waals surface area contributed by atoms with E-state index in [0.717, 1.165) is 36.1 Å². The summed E-state index contributed by atoms with van der Waals surface area (Å²) in [5.74, 6) is 0.696. The molecule has 1 aromatic carbocycles. The number of hydrogen-bond donors (Lipinski definition) is 2. The fraction of sp³-hybridized carbons (Fsp3) is 0.652. The highest BCUT2D eigenvalue weighted by molar-refractivity contribution is 5.93. The molecule has 28 heavy (non-hydrogen) atoms. The molecule has 0 saturated heterocycles. The van der Waals surface area contributed by atoms with Crippen LogP contribution in [0.3, 0.4) is 0 Å². The van der Waals surface area contributed by atoms with Gasteiger partial charge in [0, 0.05) is 30.7 Å². The second-order valence-corrected chi connectivity index (χ2v) is 8.75. The lowest BCUT2D eigenvalue weighted by Gasteiger charge is -2.30. The van der Waals surface area contributed by atoms with Crippen LogP contribution in [0, 0.1) is 19.8 Å². The molecule has 154 valence electrons. The van der Waals surface area contributed by atoms with Gasteiger partial charge in [0.2, 0.25) is 11.8 Å². The van der Waals surface area contributed by atoms with Crippen molar-refractivity contribution in [1.82, 2.24) is 10.2 Å². The molecule has 2 amide bonds. The van der Waals surface area contributed by atoms with Gasteiger partial charge in [-0.1, -0.05) is 31.9 Å². The Labute approximate surface area is 169 Å². The molecule has 5 nitrogen and oxygen atoms in total. The Kier molecular flexibility index (Phi) is 7.11. The summed E-state index contributed by atoms with van der Waals surface area (Å²) in [6.07, 6.45) is 7.50. The minimum atomic E-state index is 0.00177. The smallest absolute Gasteiger partial charge is 0.238 e. The molecule has 3 rings (SSSR count). The van der Waals surface area contributed by atoms with E-state index in [0.29, 0.717) is 37.5 Å². The van der Waals surface area contributed by atoms with E-state index in [-0.39, 0.29) is 11.8 Å². The summed E-state index contributed by atoms with van der Waals surface area (Å²) in [6, 6.07) is 6.86. The van der Waals surface area contributed by atoms with Gasteiger partial charge in [-0.2, -0.15) is 0 Å². The SMILES string of the molecule is Cc1ccc(C)c(NC(=O)CN(CCC(=O)NC2CCCCC2C)C2CC2)c1. The first-order valence-corrected chi connectivity index (χ1v) is 10.8. The third-order valence-electron chi connectivity index (χ3n) is 6.16. The first-order valence-electron chi connectivity index (χ1n) is 10.8. The largest absolute Gasteiger partial charge is 0.353 e. The number of carbonyl (C=O) groups excluding carboxylic acids is 2. The number of aryl methyl sites for hydroxylation is 2. The summed E-state index contributed by atoms with van der Waals surface area (Å²) in [7, 11) is 0. The lowest BCUT2D eigenvalue weighted by atomic mass is 9.86. The lowest BCUT2D eigenvalue weighted by molar-refractivity contribution is -0.123. The number of hydrogen-bond acceptors (Lipinski definition) is 3. The zero-order valence-corrected chi connectivity index (χ0v) is 17.6. The summed E-state index contributed by atoms with van der Waals surface area (Å²) in [4.78, 5) is 27.2. The Balaban J connectivity index is 1.47. The standard InChI is InChI=1S/C23H35N3O2/c1-16-8-9-18(3)21(14-16)25-23(28)15-26(19-10-11-19)13-12-22(27)24-20-7-5-4-6-17(20)2/h8-9,14,17,19-20H,4-7,10-13,15H2,1-3H3,(H,24,27)(H,25,28). The van der Waals surface area contributed by atoms with Crippen molar-refractivity contribution in [2.75, 3.05) is 18.4 Å².